The highest BCUT2D eigenvalue weighted by atomic mass is 19.4. The van der Waals surface area contributed by atoms with Gasteiger partial charge in [0.2, 0.25) is 0 Å². The minimum atomic E-state index is -4.36. The second-order valence-corrected chi connectivity index (χ2v) is 10.6. The summed E-state index contributed by atoms with van der Waals surface area (Å²) < 4.78 is 45.6. The van der Waals surface area contributed by atoms with Crippen molar-refractivity contribution in [1.82, 2.24) is 9.80 Å². The third kappa shape index (κ3) is 7.79. The molecule has 5 nitrogen and oxygen atoms in total. The highest BCUT2D eigenvalue weighted by Crippen LogP contribution is 2.37. The van der Waals surface area contributed by atoms with Crippen molar-refractivity contribution >= 4 is 11.8 Å². The Morgan fingerprint density at radius 1 is 1.09 bits per heavy atom. The van der Waals surface area contributed by atoms with Gasteiger partial charge in [0.05, 0.1) is 5.56 Å². The van der Waals surface area contributed by atoms with E-state index >= 15 is 0 Å². The number of hydrogen-bond acceptors (Lipinski definition) is 4. The fraction of sp³-hybridized carbons (Fsp3) is 0.731. The van der Waals surface area contributed by atoms with Crippen LogP contribution in [0.1, 0.15) is 83.8 Å². The molecular formula is C26H40F3N3O2. The molecule has 2 aliphatic rings. The molecular weight excluding hydrogens is 443 g/mol. The van der Waals surface area contributed by atoms with Gasteiger partial charge in [-0.15, -0.1) is 0 Å². The lowest BCUT2D eigenvalue weighted by molar-refractivity contribution is -0.137. The predicted molar refractivity (Wildman–Crippen MR) is 129 cm³/mol. The quantitative estimate of drug-likeness (QED) is 0.398. The molecule has 0 aromatic heterocycles. The number of alkyl halides is 3. The maximum Gasteiger partial charge on any atom is 0.416 e. The molecule has 8 heteroatoms. The fourth-order valence-electron chi connectivity index (χ4n) is 4.52. The largest absolute Gasteiger partial charge is 0.444 e. The van der Waals surface area contributed by atoms with Gasteiger partial charge in [-0.25, -0.2) is 4.79 Å². The standard InChI is InChI=1S/C26H40F3N3O2/c1-5-6-7-14-30-23-17-20(26(27,28)29)9-8-19(23)18-32(21-10-11-21)22-12-15-31(16-13-22)24(33)34-25(2,3)4/h8-9,17,21-22,30H,5-7,10-16,18H2,1-4H3. The van der Waals surface area contributed by atoms with Gasteiger partial charge in [0.25, 0.3) is 0 Å². The van der Waals surface area contributed by atoms with Gasteiger partial charge in [0.1, 0.15) is 5.60 Å². The predicted octanol–water partition coefficient (Wildman–Crippen LogP) is 6.67. The average Bonchev–Trinajstić information content (AvgIpc) is 3.59. The number of carbonyl (C=O) groups excluding carboxylic acids is 1. The van der Waals surface area contributed by atoms with Crippen LogP contribution in [0.4, 0.5) is 23.7 Å². The number of benzene rings is 1. The number of amides is 1. The molecule has 1 aliphatic carbocycles. The molecule has 1 aromatic carbocycles. The van der Waals surface area contributed by atoms with E-state index in [0.29, 0.717) is 44.0 Å². The van der Waals surface area contributed by atoms with Crippen LogP contribution in [0.25, 0.3) is 0 Å². The molecule has 1 aromatic rings. The van der Waals surface area contributed by atoms with Crippen LogP contribution in [0.3, 0.4) is 0 Å². The van der Waals surface area contributed by atoms with E-state index in [2.05, 4.69) is 17.1 Å². The number of nitrogens with one attached hydrogen (secondary N) is 1. The second-order valence-electron chi connectivity index (χ2n) is 10.6. The summed E-state index contributed by atoms with van der Waals surface area (Å²) in [5.74, 6) is 0. The van der Waals surface area contributed by atoms with Gasteiger partial charge in [-0.3, -0.25) is 4.90 Å². The Balaban J connectivity index is 1.69. The zero-order valence-corrected chi connectivity index (χ0v) is 21.0. The Kier molecular flexibility index (Phi) is 8.77. The summed E-state index contributed by atoms with van der Waals surface area (Å²) in [6.45, 7) is 10.3. The normalized spacial score (nSPS) is 17.8. The van der Waals surface area contributed by atoms with Crippen molar-refractivity contribution in [2.24, 2.45) is 0 Å². The zero-order valence-electron chi connectivity index (χ0n) is 21.0. The molecule has 1 amide bonds. The summed E-state index contributed by atoms with van der Waals surface area (Å²) in [6, 6.07) is 4.87. The summed E-state index contributed by atoms with van der Waals surface area (Å²) in [5.41, 5.74) is 0.364. The third-order valence-electron chi connectivity index (χ3n) is 6.49. The van der Waals surface area contributed by atoms with Crippen molar-refractivity contribution in [2.45, 2.75) is 103 Å². The number of unbranched alkanes of at least 4 members (excludes halogenated alkanes) is 2. The highest BCUT2D eigenvalue weighted by Gasteiger charge is 2.37. The first-order valence-corrected chi connectivity index (χ1v) is 12.7. The molecule has 0 unspecified atom stereocenters. The van der Waals surface area contributed by atoms with Crippen LogP contribution in [0, 0.1) is 0 Å². The summed E-state index contributed by atoms with van der Waals surface area (Å²) in [4.78, 5) is 16.6. The molecule has 0 bridgehead atoms. The zero-order chi connectivity index (χ0) is 24.9. The summed E-state index contributed by atoms with van der Waals surface area (Å²) in [5, 5.41) is 3.28. The number of nitrogens with zero attached hydrogens (tertiary/aromatic N) is 2. The maximum absolute atomic E-state index is 13.4. The number of ether oxygens (including phenoxy) is 1. The van der Waals surface area contributed by atoms with Crippen LogP contribution in [0.15, 0.2) is 18.2 Å². The summed E-state index contributed by atoms with van der Waals surface area (Å²) in [6.07, 6.45) is 2.33. The molecule has 1 aliphatic heterocycles. The number of anilines is 1. The summed E-state index contributed by atoms with van der Waals surface area (Å²) in [7, 11) is 0. The SMILES string of the molecule is CCCCCNc1cc(C(F)(F)F)ccc1CN(C1CC1)C1CCN(C(=O)OC(C)(C)C)CC1. The molecule has 3 rings (SSSR count). The molecule has 1 saturated carbocycles. The van der Waals surface area contributed by atoms with Gasteiger partial charge < -0.3 is 15.0 Å². The first-order chi connectivity index (χ1) is 16.0. The number of carbonyl (C=O) groups is 1. The molecule has 1 N–H and O–H groups in total. The van der Waals surface area contributed by atoms with Crippen molar-refractivity contribution in [3.05, 3.63) is 29.3 Å². The van der Waals surface area contributed by atoms with Crippen molar-refractivity contribution < 1.29 is 22.7 Å². The van der Waals surface area contributed by atoms with E-state index in [0.717, 1.165) is 50.5 Å². The molecule has 0 spiro atoms. The smallest absolute Gasteiger partial charge is 0.416 e. The Hall–Kier alpha value is -1.96. The van der Waals surface area contributed by atoms with Crippen LogP contribution in [-0.4, -0.2) is 53.2 Å². The van der Waals surface area contributed by atoms with E-state index in [1.807, 2.05) is 20.8 Å². The van der Waals surface area contributed by atoms with Gasteiger partial charge in [-0.1, -0.05) is 25.8 Å². The maximum atomic E-state index is 13.4. The van der Waals surface area contributed by atoms with Crippen molar-refractivity contribution in [1.29, 1.82) is 0 Å². The Morgan fingerprint density at radius 2 is 1.74 bits per heavy atom. The van der Waals surface area contributed by atoms with E-state index in [1.54, 1.807) is 11.0 Å². The molecule has 1 heterocycles. The molecule has 34 heavy (non-hydrogen) atoms. The topological polar surface area (TPSA) is 44.8 Å². The van der Waals surface area contributed by atoms with E-state index in [-0.39, 0.29) is 6.09 Å². The number of halogens is 3. The average molecular weight is 484 g/mol. The number of rotatable bonds is 9. The van der Waals surface area contributed by atoms with E-state index in [9.17, 15) is 18.0 Å². The van der Waals surface area contributed by atoms with Crippen LogP contribution < -0.4 is 5.32 Å². The van der Waals surface area contributed by atoms with Crippen LogP contribution in [0.5, 0.6) is 0 Å². The van der Waals surface area contributed by atoms with Gasteiger partial charge in [0, 0.05) is 44.0 Å². The van der Waals surface area contributed by atoms with Crippen molar-refractivity contribution in [2.75, 3.05) is 25.0 Å². The first-order valence-electron chi connectivity index (χ1n) is 12.7. The Bertz CT molecular complexity index is 810. The monoisotopic (exact) mass is 483 g/mol. The van der Waals surface area contributed by atoms with Gasteiger partial charge >= 0.3 is 12.3 Å². The van der Waals surface area contributed by atoms with Crippen molar-refractivity contribution in [3.63, 3.8) is 0 Å². The highest BCUT2D eigenvalue weighted by molar-refractivity contribution is 5.68. The number of hydrogen-bond donors (Lipinski definition) is 1. The second kappa shape index (κ2) is 11.2. The lowest BCUT2D eigenvalue weighted by atomic mass is 10.0. The molecule has 0 atom stereocenters. The molecule has 192 valence electrons. The Labute approximate surface area is 202 Å². The minimum Gasteiger partial charge on any atom is -0.444 e. The van der Waals surface area contributed by atoms with Crippen molar-refractivity contribution in [3.8, 4) is 0 Å². The first kappa shape index (κ1) is 26.6. The molecule has 2 fully saturated rings. The van der Waals surface area contributed by atoms with Crippen LogP contribution in [-0.2, 0) is 17.5 Å². The van der Waals surface area contributed by atoms with Crippen LogP contribution in [0.2, 0.25) is 0 Å². The van der Waals surface area contributed by atoms with Gasteiger partial charge in [0.15, 0.2) is 0 Å². The lowest BCUT2D eigenvalue weighted by Crippen LogP contribution is -2.48. The van der Waals surface area contributed by atoms with E-state index < -0.39 is 17.3 Å². The number of piperidine rings is 1. The Morgan fingerprint density at radius 3 is 2.29 bits per heavy atom. The third-order valence-corrected chi connectivity index (χ3v) is 6.49. The fourth-order valence-corrected chi connectivity index (χ4v) is 4.52. The lowest BCUT2D eigenvalue weighted by Gasteiger charge is -2.39. The molecule has 1 saturated heterocycles. The van der Waals surface area contributed by atoms with E-state index in [4.69, 9.17) is 4.74 Å². The summed E-state index contributed by atoms with van der Waals surface area (Å²) >= 11 is 0. The van der Waals surface area contributed by atoms with E-state index in [1.165, 1.54) is 12.1 Å². The van der Waals surface area contributed by atoms with Gasteiger partial charge in [-0.05, 0) is 70.6 Å². The van der Waals surface area contributed by atoms with Gasteiger partial charge in [-0.2, -0.15) is 13.2 Å². The molecule has 0 radical (unpaired) electrons. The number of likely N-dealkylation sites (tertiary alicyclic amines) is 1. The van der Waals surface area contributed by atoms with Crippen LogP contribution >= 0.6 is 0 Å². The minimum absolute atomic E-state index is 0.273.